The zero-order chi connectivity index (χ0) is 15.5. The first-order valence-electron chi connectivity index (χ1n) is 7.03. The highest BCUT2D eigenvalue weighted by atomic mass is 35.5. The molecule has 0 fully saturated rings. The Kier molecular flexibility index (Phi) is 5.07. The van der Waals surface area contributed by atoms with E-state index in [1.807, 2.05) is 38.1 Å². The Bertz CT molecular complexity index is 736. The number of hydrogen-bond acceptors (Lipinski definition) is 2. The van der Waals surface area contributed by atoms with E-state index in [1.54, 1.807) is 18.2 Å². The maximum Gasteiger partial charge on any atom is 0.178 e. The number of aryl methyl sites for hydroxylation is 1. The predicted octanol–water partition coefficient (Wildman–Crippen LogP) is 4.89. The smallest absolute Gasteiger partial charge is 0.178 e. The highest BCUT2D eigenvalue weighted by Gasteiger charge is 2.14. The fourth-order valence-electron chi connectivity index (χ4n) is 2.21. The van der Waals surface area contributed by atoms with Gasteiger partial charge in [0, 0.05) is 5.02 Å². The van der Waals surface area contributed by atoms with Crippen molar-refractivity contribution < 1.29 is 8.42 Å². The maximum absolute atomic E-state index is 12.3. The predicted molar refractivity (Wildman–Crippen MR) is 88.6 cm³/mol. The van der Waals surface area contributed by atoms with Crippen LogP contribution in [0.25, 0.3) is 11.1 Å². The second-order valence-corrected chi connectivity index (χ2v) is 7.71. The van der Waals surface area contributed by atoms with Gasteiger partial charge in [-0.05, 0) is 54.3 Å². The molecule has 0 bridgehead atoms. The van der Waals surface area contributed by atoms with E-state index in [0.717, 1.165) is 23.1 Å². The molecule has 0 heterocycles. The first kappa shape index (κ1) is 16.1. The molecule has 0 saturated carbocycles. The molecule has 21 heavy (non-hydrogen) atoms. The molecule has 0 unspecified atom stereocenters. The summed E-state index contributed by atoms with van der Waals surface area (Å²) < 4.78 is 24.6. The number of benzene rings is 2. The number of unbranched alkanes of at least 4 members (excludes halogenated alkanes) is 1. The monoisotopic (exact) mass is 322 g/mol. The van der Waals surface area contributed by atoms with Crippen molar-refractivity contribution in [3.8, 4) is 11.1 Å². The molecule has 2 rings (SSSR count). The van der Waals surface area contributed by atoms with E-state index in [-0.39, 0.29) is 5.75 Å². The first-order valence-corrected chi connectivity index (χ1v) is 9.06. The lowest BCUT2D eigenvalue weighted by Crippen LogP contribution is -2.06. The summed E-state index contributed by atoms with van der Waals surface area (Å²) in [5.41, 5.74) is 2.92. The average molecular weight is 323 g/mol. The van der Waals surface area contributed by atoms with Crippen LogP contribution in [0.4, 0.5) is 0 Å². The molecule has 0 N–H and O–H groups in total. The Hall–Kier alpha value is -1.32. The zero-order valence-electron chi connectivity index (χ0n) is 12.3. The summed E-state index contributed by atoms with van der Waals surface area (Å²) in [6.45, 7) is 3.98. The summed E-state index contributed by atoms with van der Waals surface area (Å²) >= 11 is 6.05. The van der Waals surface area contributed by atoms with Crippen molar-refractivity contribution in [3.63, 3.8) is 0 Å². The Morgan fingerprint density at radius 3 is 2.57 bits per heavy atom. The van der Waals surface area contributed by atoms with Crippen molar-refractivity contribution >= 4 is 21.4 Å². The van der Waals surface area contributed by atoms with Crippen LogP contribution in [0.5, 0.6) is 0 Å². The summed E-state index contributed by atoms with van der Waals surface area (Å²) in [4.78, 5) is 0.382. The third-order valence-corrected chi connectivity index (χ3v) is 5.50. The number of rotatable bonds is 5. The molecule has 0 atom stereocenters. The SMILES string of the molecule is CCCCS(=O)(=O)c1cccc(-c2cc(Cl)ccc2C)c1. The normalized spacial score (nSPS) is 11.6. The highest BCUT2D eigenvalue weighted by molar-refractivity contribution is 7.91. The van der Waals surface area contributed by atoms with E-state index in [2.05, 4.69) is 0 Å². The van der Waals surface area contributed by atoms with Crippen LogP contribution in [0.2, 0.25) is 5.02 Å². The van der Waals surface area contributed by atoms with Gasteiger partial charge in [-0.3, -0.25) is 0 Å². The van der Waals surface area contributed by atoms with Crippen LogP contribution in [0.1, 0.15) is 25.3 Å². The largest absolute Gasteiger partial charge is 0.224 e. The lowest BCUT2D eigenvalue weighted by atomic mass is 10.0. The molecule has 0 aliphatic rings. The van der Waals surface area contributed by atoms with Gasteiger partial charge < -0.3 is 0 Å². The maximum atomic E-state index is 12.3. The van der Waals surface area contributed by atoms with Crippen LogP contribution in [0, 0.1) is 6.92 Å². The van der Waals surface area contributed by atoms with Crippen molar-refractivity contribution in [1.82, 2.24) is 0 Å². The molecule has 2 nitrogen and oxygen atoms in total. The van der Waals surface area contributed by atoms with Crippen LogP contribution < -0.4 is 0 Å². The van der Waals surface area contributed by atoms with Gasteiger partial charge in [-0.1, -0.05) is 43.1 Å². The third kappa shape index (κ3) is 3.86. The van der Waals surface area contributed by atoms with Gasteiger partial charge in [0.05, 0.1) is 10.6 Å². The Labute approximate surface area is 131 Å². The van der Waals surface area contributed by atoms with Crippen LogP contribution in [0.3, 0.4) is 0 Å². The molecule has 0 amide bonds. The van der Waals surface area contributed by atoms with Gasteiger partial charge >= 0.3 is 0 Å². The fourth-order valence-corrected chi connectivity index (χ4v) is 3.88. The molecular formula is C17H19ClO2S. The average Bonchev–Trinajstić information content (AvgIpc) is 2.48. The summed E-state index contributed by atoms with van der Waals surface area (Å²) in [5, 5.41) is 0.648. The van der Waals surface area contributed by atoms with Crippen LogP contribution in [-0.4, -0.2) is 14.2 Å². The minimum atomic E-state index is -3.21. The van der Waals surface area contributed by atoms with Crippen molar-refractivity contribution in [1.29, 1.82) is 0 Å². The Morgan fingerprint density at radius 1 is 1.10 bits per heavy atom. The molecule has 0 radical (unpaired) electrons. The Morgan fingerprint density at radius 2 is 1.86 bits per heavy atom. The van der Waals surface area contributed by atoms with Crippen LogP contribution in [-0.2, 0) is 9.84 Å². The molecule has 112 valence electrons. The first-order chi connectivity index (χ1) is 9.94. The molecule has 0 aliphatic heterocycles. The van der Waals surface area contributed by atoms with Crippen LogP contribution in [0.15, 0.2) is 47.4 Å². The fraction of sp³-hybridized carbons (Fsp3) is 0.294. The topological polar surface area (TPSA) is 34.1 Å². The lowest BCUT2D eigenvalue weighted by molar-refractivity contribution is 0.592. The van der Waals surface area contributed by atoms with Crippen molar-refractivity contribution in [2.24, 2.45) is 0 Å². The molecule has 0 aromatic heterocycles. The summed E-state index contributed by atoms with van der Waals surface area (Å²) in [7, 11) is -3.21. The van der Waals surface area contributed by atoms with Gasteiger partial charge in [0.2, 0.25) is 0 Å². The van der Waals surface area contributed by atoms with Gasteiger partial charge in [-0.25, -0.2) is 8.42 Å². The van der Waals surface area contributed by atoms with E-state index >= 15 is 0 Å². The minimum absolute atomic E-state index is 0.196. The quantitative estimate of drug-likeness (QED) is 0.785. The van der Waals surface area contributed by atoms with E-state index in [9.17, 15) is 8.42 Å². The second-order valence-electron chi connectivity index (χ2n) is 5.16. The van der Waals surface area contributed by atoms with Gasteiger partial charge in [0.25, 0.3) is 0 Å². The van der Waals surface area contributed by atoms with E-state index in [0.29, 0.717) is 16.3 Å². The molecule has 4 heteroatoms. The zero-order valence-corrected chi connectivity index (χ0v) is 13.8. The van der Waals surface area contributed by atoms with Gasteiger partial charge in [0.1, 0.15) is 0 Å². The molecule has 0 spiro atoms. The molecule has 0 saturated heterocycles. The van der Waals surface area contributed by atoms with E-state index in [1.165, 1.54) is 0 Å². The van der Waals surface area contributed by atoms with E-state index in [4.69, 9.17) is 11.6 Å². The summed E-state index contributed by atoms with van der Waals surface area (Å²) in [6, 6.07) is 12.7. The summed E-state index contributed by atoms with van der Waals surface area (Å²) in [5.74, 6) is 0.196. The highest BCUT2D eigenvalue weighted by Crippen LogP contribution is 2.28. The van der Waals surface area contributed by atoms with Crippen LogP contribution >= 0.6 is 11.6 Å². The molecular weight excluding hydrogens is 304 g/mol. The van der Waals surface area contributed by atoms with Crippen molar-refractivity contribution in [2.45, 2.75) is 31.6 Å². The number of hydrogen-bond donors (Lipinski definition) is 0. The van der Waals surface area contributed by atoms with E-state index < -0.39 is 9.84 Å². The number of sulfone groups is 1. The second kappa shape index (κ2) is 6.63. The van der Waals surface area contributed by atoms with Gasteiger partial charge in [-0.2, -0.15) is 0 Å². The Balaban J connectivity index is 2.45. The third-order valence-electron chi connectivity index (χ3n) is 3.47. The van der Waals surface area contributed by atoms with Gasteiger partial charge in [0.15, 0.2) is 9.84 Å². The van der Waals surface area contributed by atoms with Crippen molar-refractivity contribution in [2.75, 3.05) is 5.75 Å². The summed E-state index contributed by atoms with van der Waals surface area (Å²) in [6.07, 6.45) is 1.55. The molecule has 2 aromatic rings. The van der Waals surface area contributed by atoms with Gasteiger partial charge in [-0.15, -0.1) is 0 Å². The number of halogens is 1. The minimum Gasteiger partial charge on any atom is -0.224 e. The molecule has 2 aromatic carbocycles. The standard InChI is InChI=1S/C17H19ClO2S/c1-3-4-10-21(19,20)16-7-5-6-14(11-16)17-12-15(18)9-8-13(17)2/h5-9,11-12H,3-4,10H2,1-2H3. The van der Waals surface area contributed by atoms with Crippen molar-refractivity contribution in [3.05, 3.63) is 53.1 Å². The molecule has 0 aliphatic carbocycles. The lowest BCUT2D eigenvalue weighted by Gasteiger charge is -2.09.